The van der Waals surface area contributed by atoms with Crippen molar-refractivity contribution in [1.82, 2.24) is 5.16 Å². The maximum atomic E-state index is 12.2. The van der Waals surface area contributed by atoms with Crippen LogP contribution in [0.5, 0.6) is 0 Å². The predicted molar refractivity (Wildman–Crippen MR) is 84.1 cm³/mol. The Labute approximate surface area is 132 Å². The number of esters is 1. The number of carbonyl (C=O) groups is 2. The molecule has 2 aromatic carbocycles. The van der Waals surface area contributed by atoms with Gasteiger partial charge in [0.25, 0.3) is 5.91 Å². The highest BCUT2D eigenvalue weighted by atomic mass is 16.5. The second kappa shape index (κ2) is 6.31. The fraction of sp³-hybridized carbons (Fsp3) is 0.118. The van der Waals surface area contributed by atoms with Crippen molar-refractivity contribution in [2.24, 2.45) is 0 Å². The quantitative estimate of drug-likeness (QED) is 0.749. The van der Waals surface area contributed by atoms with E-state index >= 15 is 0 Å². The van der Waals surface area contributed by atoms with E-state index in [2.05, 4.69) is 10.5 Å². The van der Waals surface area contributed by atoms with Gasteiger partial charge in [-0.1, -0.05) is 41.6 Å². The summed E-state index contributed by atoms with van der Waals surface area (Å²) in [6.45, 7) is 1.32. The van der Waals surface area contributed by atoms with E-state index in [0.29, 0.717) is 11.3 Å². The zero-order valence-electron chi connectivity index (χ0n) is 12.4. The van der Waals surface area contributed by atoms with Gasteiger partial charge in [0.1, 0.15) is 5.76 Å². The Balaban J connectivity index is 1.65. The van der Waals surface area contributed by atoms with E-state index in [9.17, 15) is 9.59 Å². The molecule has 0 unspecified atom stereocenters. The number of nitrogens with one attached hydrogen (secondary N) is 1. The van der Waals surface area contributed by atoms with Crippen LogP contribution < -0.4 is 5.32 Å². The zero-order chi connectivity index (χ0) is 16.2. The molecule has 6 nitrogen and oxygen atoms in total. The van der Waals surface area contributed by atoms with Gasteiger partial charge in [-0.2, -0.15) is 0 Å². The molecule has 0 saturated heterocycles. The number of rotatable bonds is 4. The van der Waals surface area contributed by atoms with Crippen molar-refractivity contribution in [1.29, 1.82) is 0 Å². The third kappa shape index (κ3) is 3.37. The van der Waals surface area contributed by atoms with Crippen LogP contribution in [0.25, 0.3) is 10.8 Å². The Kier molecular flexibility index (Phi) is 4.05. The number of benzene rings is 2. The Morgan fingerprint density at radius 1 is 1.17 bits per heavy atom. The first-order valence-corrected chi connectivity index (χ1v) is 7.01. The lowest BCUT2D eigenvalue weighted by molar-refractivity contribution is -0.119. The van der Waals surface area contributed by atoms with Crippen LogP contribution in [0, 0.1) is 6.92 Å². The summed E-state index contributed by atoms with van der Waals surface area (Å²) in [6, 6.07) is 14.4. The van der Waals surface area contributed by atoms with Crippen molar-refractivity contribution in [2.75, 3.05) is 11.9 Å². The van der Waals surface area contributed by atoms with E-state index in [0.717, 1.165) is 10.8 Å². The van der Waals surface area contributed by atoms with Crippen LogP contribution in [-0.4, -0.2) is 23.6 Å². The average molecular weight is 310 g/mol. The molecule has 3 aromatic rings. The third-order valence-corrected chi connectivity index (χ3v) is 3.24. The molecule has 1 heterocycles. The van der Waals surface area contributed by atoms with Crippen LogP contribution in [0.1, 0.15) is 16.1 Å². The molecule has 0 bridgehead atoms. The fourth-order valence-electron chi connectivity index (χ4n) is 2.22. The largest absolute Gasteiger partial charge is 0.452 e. The van der Waals surface area contributed by atoms with E-state index < -0.39 is 18.5 Å². The molecule has 3 rings (SSSR count). The molecule has 23 heavy (non-hydrogen) atoms. The first-order valence-electron chi connectivity index (χ1n) is 7.01. The lowest BCUT2D eigenvalue weighted by Crippen LogP contribution is -2.21. The number of fused-ring (bicyclic) bond motifs is 1. The summed E-state index contributed by atoms with van der Waals surface area (Å²) in [4.78, 5) is 23.9. The fourth-order valence-corrected chi connectivity index (χ4v) is 2.22. The first kappa shape index (κ1) is 14.8. The number of aromatic nitrogens is 1. The van der Waals surface area contributed by atoms with E-state index in [4.69, 9.17) is 9.26 Å². The van der Waals surface area contributed by atoms with Gasteiger partial charge in [-0.3, -0.25) is 4.79 Å². The summed E-state index contributed by atoms with van der Waals surface area (Å²) in [5.74, 6) is -0.165. The molecule has 0 atom stereocenters. The smallest absolute Gasteiger partial charge is 0.339 e. The number of carbonyl (C=O) groups excluding carboxylic acids is 2. The van der Waals surface area contributed by atoms with Crippen LogP contribution in [0.2, 0.25) is 0 Å². The van der Waals surface area contributed by atoms with Gasteiger partial charge in [0.15, 0.2) is 12.4 Å². The standard InChI is InChI=1S/C17H14N2O4/c1-11-9-15(19-23-11)18-16(20)10-22-17(21)14-8-4-6-12-5-2-3-7-13(12)14/h2-9H,10H2,1H3,(H,18,19,20). The minimum absolute atomic E-state index is 0.286. The van der Waals surface area contributed by atoms with Crippen molar-refractivity contribution in [2.45, 2.75) is 6.92 Å². The molecule has 0 saturated carbocycles. The van der Waals surface area contributed by atoms with Gasteiger partial charge in [0.2, 0.25) is 0 Å². The molecule has 0 fully saturated rings. The summed E-state index contributed by atoms with van der Waals surface area (Å²) in [5, 5.41) is 7.84. The lowest BCUT2D eigenvalue weighted by atomic mass is 10.1. The zero-order valence-corrected chi connectivity index (χ0v) is 12.4. The molecule has 0 radical (unpaired) electrons. The second-order valence-corrected chi connectivity index (χ2v) is 4.97. The van der Waals surface area contributed by atoms with Crippen molar-refractivity contribution >= 4 is 28.5 Å². The van der Waals surface area contributed by atoms with Crippen molar-refractivity contribution < 1.29 is 18.8 Å². The van der Waals surface area contributed by atoms with Crippen LogP contribution in [0.4, 0.5) is 5.82 Å². The number of aryl methyl sites for hydroxylation is 1. The highest BCUT2D eigenvalue weighted by Crippen LogP contribution is 2.19. The first-order chi connectivity index (χ1) is 11.1. The molecule has 0 aliphatic rings. The molecular formula is C17H14N2O4. The highest BCUT2D eigenvalue weighted by molar-refractivity contribution is 6.05. The van der Waals surface area contributed by atoms with Crippen LogP contribution >= 0.6 is 0 Å². The topological polar surface area (TPSA) is 81.4 Å². The van der Waals surface area contributed by atoms with Crippen LogP contribution in [0.3, 0.4) is 0 Å². The number of nitrogens with zero attached hydrogens (tertiary/aromatic N) is 1. The molecule has 6 heteroatoms. The van der Waals surface area contributed by atoms with Gasteiger partial charge in [-0.25, -0.2) is 4.79 Å². The number of hydrogen-bond acceptors (Lipinski definition) is 5. The van der Waals surface area contributed by atoms with Gasteiger partial charge in [0.05, 0.1) is 5.56 Å². The Bertz CT molecular complexity index is 864. The van der Waals surface area contributed by atoms with Gasteiger partial charge >= 0.3 is 5.97 Å². The molecule has 1 N–H and O–H groups in total. The molecule has 0 spiro atoms. The molecule has 0 aliphatic heterocycles. The molecular weight excluding hydrogens is 296 g/mol. The van der Waals surface area contributed by atoms with Crippen LogP contribution in [-0.2, 0) is 9.53 Å². The molecule has 116 valence electrons. The second-order valence-electron chi connectivity index (χ2n) is 4.97. The minimum atomic E-state index is -0.548. The normalized spacial score (nSPS) is 10.5. The Hall–Kier alpha value is -3.15. The van der Waals surface area contributed by atoms with Crippen molar-refractivity contribution in [3.05, 3.63) is 59.9 Å². The van der Waals surface area contributed by atoms with Crippen LogP contribution in [0.15, 0.2) is 53.1 Å². The number of amides is 1. The van der Waals surface area contributed by atoms with E-state index in [-0.39, 0.29) is 5.82 Å². The summed E-state index contributed by atoms with van der Waals surface area (Å²) in [5.41, 5.74) is 0.424. The van der Waals surface area contributed by atoms with Gasteiger partial charge in [-0.05, 0) is 23.8 Å². The maximum absolute atomic E-state index is 12.2. The predicted octanol–water partition coefficient (Wildman–Crippen LogP) is 2.93. The maximum Gasteiger partial charge on any atom is 0.339 e. The summed E-state index contributed by atoms with van der Waals surface area (Å²) >= 11 is 0. The summed E-state index contributed by atoms with van der Waals surface area (Å²) < 4.78 is 9.90. The van der Waals surface area contributed by atoms with E-state index in [1.54, 1.807) is 25.1 Å². The average Bonchev–Trinajstić information content (AvgIpc) is 2.97. The van der Waals surface area contributed by atoms with Gasteiger partial charge in [-0.15, -0.1) is 0 Å². The number of anilines is 1. The Morgan fingerprint density at radius 3 is 2.74 bits per heavy atom. The lowest BCUT2D eigenvalue weighted by Gasteiger charge is -2.07. The highest BCUT2D eigenvalue weighted by Gasteiger charge is 2.14. The minimum Gasteiger partial charge on any atom is -0.452 e. The molecule has 0 aliphatic carbocycles. The summed E-state index contributed by atoms with van der Waals surface area (Å²) in [6.07, 6.45) is 0. The number of ether oxygens (including phenoxy) is 1. The monoisotopic (exact) mass is 310 g/mol. The SMILES string of the molecule is Cc1cc(NC(=O)COC(=O)c2cccc3ccccc23)no1. The summed E-state index contributed by atoms with van der Waals surface area (Å²) in [7, 11) is 0. The number of hydrogen-bond donors (Lipinski definition) is 1. The Morgan fingerprint density at radius 2 is 1.96 bits per heavy atom. The molecule has 1 amide bonds. The van der Waals surface area contributed by atoms with E-state index in [1.807, 2.05) is 30.3 Å². The third-order valence-electron chi connectivity index (χ3n) is 3.24. The van der Waals surface area contributed by atoms with Gasteiger partial charge < -0.3 is 14.6 Å². The van der Waals surface area contributed by atoms with E-state index in [1.165, 1.54) is 0 Å². The van der Waals surface area contributed by atoms with Crippen molar-refractivity contribution in [3.8, 4) is 0 Å². The van der Waals surface area contributed by atoms with Crippen molar-refractivity contribution in [3.63, 3.8) is 0 Å². The molecule has 1 aromatic heterocycles. The van der Waals surface area contributed by atoms with Gasteiger partial charge in [0, 0.05) is 6.07 Å².